The third kappa shape index (κ3) is 3.28. The van der Waals surface area contributed by atoms with Crippen LogP contribution in [-0.4, -0.2) is 17.4 Å². The van der Waals surface area contributed by atoms with E-state index in [2.05, 4.69) is 4.99 Å². The molecular formula is C16H17NO. The van der Waals surface area contributed by atoms with Gasteiger partial charge in [0, 0.05) is 6.21 Å². The van der Waals surface area contributed by atoms with Crippen molar-refractivity contribution in [2.45, 2.75) is 19.1 Å². The minimum Gasteiger partial charge on any atom is -0.386 e. The Hall–Kier alpha value is -1.93. The molecule has 0 radical (unpaired) electrons. The second-order valence-electron chi connectivity index (χ2n) is 4.28. The lowest BCUT2D eigenvalue weighted by molar-refractivity contribution is 0.154. The molecule has 0 bridgehead atoms. The highest BCUT2D eigenvalue weighted by Gasteiger charge is 2.13. The van der Waals surface area contributed by atoms with E-state index in [4.69, 9.17) is 0 Å². The maximum atomic E-state index is 10.2. The monoisotopic (exact) mass is 239 g/mol. The van der Waals surface area contributed by atoms with Gasteiger partial charge in [0.2, 0.25) is 0 Å². The van der Waals surface area contributed by atoms with Gasteiger partial charge in [-0.25, -0.2) is 0 Å². The van der Waals surface area contributed by atoms with Crippen molar-refractivity contribution in [1.82, 2.24) is 0 Å². The fourth-order valence-electron chi connectivity index (χ4n) is 1.75. The number of hydrogen-bond donors (Lipinski definition) is 1. The normalized spacial score (nSPS) is 14.6. The Morgan fingerprint density at radius 3 is 2.11 bits per heavy atom. The van der Waals surface area contributed by atoms with Crippen molar-refractivity contribution >= 4 is 6.21 Å². The van der Waals surface area contributed by atoms with E-state index in [1.165, 1.54) is 0 Å². The summed E-state index contributed by atoms with van der Waals surface area (Å²) in [5.74, 6) is 0. The molecule has 0 unspecified atom stereocenters. The van der Waals surface area contributed by atoms with Gasteiger partial charge >= 0.3 is 0 Å². The van der Waals surface area contributed by atoms with Crippen LogP contribution in [-0.2, 0) is 0 Å². The number of hydrogen-bond acceptors (Lipinski definition) is 2. The number of nitrogens with zero attached hydrogens (tertiary/aromatic N) is 1. The van der Waals surface area contributed by atoms with Crippen LogP contribution in [0.1, 0.15) is 24.2 Å². The average Bonchev–Trinajstić information content (AvgIpc) is 2.46. The van der Waals surface area contributed by atoms with Crippen molar-refractivity contribution in [2.75, 3.05) is 0 Å². The Balaban J connectivity index is 2.04. The van der Waals surface area contributed by atoms with Crippen LogP contribution in [0.2, 0.25) is 0 Å². The summed E-state index contributed by atoms with van der Waals surface area (Å²) >= 11 is 0. The number of aliphatic hydroxyl groups is 1. The summed E-state index contributed by atoms with van der Waals surface area (Å²) in [6.07, 6.45) is 1.24. The van der Waals surface area contributed by atoms with E-state index in [9.17, 15) is 5.11 Å². The summed E-state index contributed by atoms with van der Waals surface area (Å²) < 4.78 is 0. The molecule has 0 fully saturated rings. The van der Waals surface area contributed by atoms with Crippen LogP contribution in [0, 0.1) is 0 Å². The first-order valence-corrected chi connectivity index (χ1v) is 6.08. The zero-order valence-corrected chi connectivity index (χ0v) is 10.4. The van der Waals surface area contributed by atoms with Crippen LogP contribution in [0.15, 0.2) is 65.7 Å². The molecule has 2 aromatic carbocycles. The summed E-state index contributed by atoms with van der Waals surface area (Å²) in [5.41, 5.74) is 1.94. The first-order chi connectivity index (χ1) is 8.77. The van der Waals surface area contributed by atoms with Crippen molar-refractivity contribution in [3.63, 3.8) is 0 Å². The largest absolute Gasteiger partial charge is 0.386 e. The standard InChI is InChI=1S/C16H17NO/c1-13(16(18)15-10-6-3-7-11-15)17-12-14-8-4-2-5-9-14/h2-13,16,18H,1H3/t13-,16-/m1/s1. The van der Waals surface area contributed by atoms with Crippen molar-refractivity contribution < 1.29 is 5.11 Å². The first kappa shape index (κ1) is 12.5. The SMILES string of the molecule is C[C@@H](N=Cc1ccccc1)[C@@H](O)c1ccccc1. The summed E-state index contributed by atoms with van der Waals surface area (Å²) in [5, 5.41) is 10.2. The quantitative estimate of drug-likeness (QED) is 0.816. The van der Waals surface area contributed by atoms with Crippen molar-refractivity contribution in [2.24, 2.45) is 4.99 Å². The molecule has 2 heteroatoms. The minimum absolute atomic E-state index is 0.160. The van der Waals surface area contributed by atoms with E-state index >= 15 is 0 Å². The average molecular weight is 239 g/mol. The van der Waals surface area contributed by atoms with Crippen LogP contribution >= 0.6 is 0 Å². The van der Waals surface area contributed by atoms with Gasteiger partial charge in [0.15, 0.2) is 0 Å². The second kappa shape index (κ2) is 6.12. The van der Waals surface area contributed by atoms with E-state index in [0.717, 1.165) is 11.1 Å². The van der Waals surface area contributed by atoms with Crippen molar-refractivity contribution in [1.29, 1.82) is 0 Å². The Morgan fingerprint density at radius 2 is 1.50 bits per heavy atom. The number of rotatable bonds is 4. The molecule has 0 aliphatic rings. The molecule has 0 amide bonds. The van der Waals surface area contributed by atoms with Gasteiger partial charge in [0.25, 0.3) is 0 Å². The van der Waals surface area contributed by atoms with Crippen LogP contribution in [0.3, 0.4) is 0 Å². The second-order valence-corrected chi connectivity index (χ2v) is 4.28. The van der Waals surface area contributed by atoms with Gasteiger partial charge in [-0.05, 0) is 18.1 Å². The molecule has 0 heterocycles. The number of aliphatic hydroxyl groups excluding tert-OH is 1. The third-order valence-electron chi connectivity index (χ3n) is 2.86. The minimum atomic E-state index is -0.564. The highest BCUT2D eigenvalue weighted by Crippen LogP contribution is 2.18. The Labute approximate surface area is 108 Å². The molecule has 1 N–H and O–H groups in total. The smallest absolute Gasteiger partial charge is 0.101 e. The molecule has 2 aromatic rings. The summed E-state index contributed by atoms with van der Waals surface area (Å²) in [7, 11) is 0. The molecule has 0 spiro atoms. The zero-order valence-electron chi connectivity index (χ0n) is 10.4. The Bertz CT molecular complexity index is 493. The summed E-state index contributed by atoms with van der Waals surface area (Å²) in [6, 6.07) is 19.4. The van der Waals surface area contributed by atoms with Gasteiger partial charge in [-0.15, -0.1) is 0 Å². The fraction of sp³-hybridized carbons (Fsp3) is 0.188. The molecule has 2 atom stereocenters. The number of benzene rings is 2. The molecule has 0 saturated heterocycles. The molecule has 0 aliphatic carbocycles. The lowest BCUT2D eigenvalue weighted by Gasteiger charge is -2.15. The Morgan fingerprint density at radius 1 is 0.944 bits per heavy atom. The highest BCUT2D eigenvalue weighted by molar-refractivity contribution is 5.79. The predicted molar refractivity (Wildman–Crippen MR) is 74.9 cm³/mol. The van der Waals surface area contributed by atoms with E-state index in [1.807, 2.05) is 67.6 Å². The van der Waals surface area contributed by atoms with Crippen molar-refractivity contribution in [3.8, 4) is 0 Å². The predicted octanol–water partition coefficient (Wildman–Crippen LogP) is 3.23. The van der Waals surface area contributed by atoms with E-state index in [-0.39, 0.29) is 6.04 Å². The van der Waals surface area contributed by atoms with Crippen LogP contribution in [0.4, 0.5) is 0 Å². The maximum Gasteiger partial charge on any atom is 0.101 e. The molecule has 0 aliphatic heterocycles. The lowest BCUT2D eigenvalue weighted by atomic mass is 10.0. The van der Waals surface area contributed by atoms with E-state index in [1.54, 1.807) is 6.21 Å². The zero-order chi connectivity index (χ0) is 12.8. The summed E-state index contributed by atoms with van der Waals surface area (Å²) in [4.78, 5) is 4.40. The molecular weight excluding hydrogens is 222 g/mol. The summed E-state index contributed by atoms with van der Waals surface area (Å²) in [6.45, 7) is 1.91. The molecule has 0 saturated carbocycles. The van der Waals surface area contributed by atoms with Gasteiger partial charge in [-0.1, -0.05) is 60.7 Å². The van der Waals surface area contributed by atoms with Crippen LogP contribution in [0.5, 0.6) is 0 Å². The lowest BCUT2D eigenvalue weighted by Crippen LogP contribution is -2.12. The van der Waals surface area contributed by atoms with Gasteiger partial charge in [-0.3, -0.25) is 4.99 Å². The van der Waals surface area contributed by atoms with Gasteiger partial charge in [0.05, 0.1) is 6.04 Å². The fourth-order valence-corrected chi connectivity index (χ4v) is 1.75. The van der Waals surface area contributed by atoms with Gasteiger partial charge < -0.3 is 5.11 Å². The van der Waals surface area contributed by atoms with Crippen molar-refractivity contribution in [3.05, 3.63) is 71.8 Å². The highest BCUT2D eigenvalue weighted by atomic mass is 16.3. The third-order valence-corrected chi connectivity index (χ3v) is 2.86. The van der Waals surface area contributed by atoms with Gasteiger partial charge in [0.1, 0.15) is 6.10 Å². The molecule has 2 rings (SSSR count). The topological polar surface area (TPSA) is 32.6 Å². The van der Waals surface area contributed by atoms with Crippen LogP contribution < -0.4 is 0 Å². The first-order valence-electron chi connectivity index (χ1n) is 6.08. The van der Waals surface area contributed by atoms with E-state index < -0.39 is 6.10 Å². The van der Waals surface area contributed by atoms with Crippen LogP contribution in [0.25, 0.3) is 0 Å². The molecule has 2 nitrogen and oxygen atoms in total. The molecule has 0 aromatic heterocycles. The van der Waals surface area contributed by atoms with Gasteiger partial charge in [-0.2, -0.15) is 0 Å². The molecule has 18 heavy (non-hydrogen) atoms. The number of aliphatic imine (C=N–C) groups is 1. The maximum absolute atomic E-state index is 10.2. The van der Waals surface area contributed by atoms with E-state index in [0.29, 0.717) is 0 Å². The Kier molecular flexibility index (Phi) is 4.26. The molecule has 92 valence electrons.